The van der Waals surface area contributed by atoms with Gasteiger partial charge in [-0.2, -0.15) is 0 Å². The van der Waals surface area contributed by atoms with E-state index < -0.39 is 58.0 Å². The summed E-state index contributed by atoms with van der Waals surface area (Å²) in [4.78, 5) is 43.5. The molecule has 6 rings (SSSR count). The summed E-state index contributed by atoms with van der Waals surface area (Å²) in [5.41, 5.74) is 4.16. The third kappa shape index (κ3) is 4.81. The number of piperidine rings is 1. The van der Waals surface area contributed by atoms with E-state index in [2.05, 4.69) is 22.3 Å². The molecular formula is C34H40N4O7. The Bertz CT molecular complexity index is 1630. The molecule has 0 radical (unpaired) electrons. The molecule has 7 N–H and O–H groups in total. The highest BCUT2D eigenvalue weighted by Gasteiger charge is 2.64. The summed E-state index contributed by atoms with van der Waals surface area (Å²) in [5.74, 6) is -6.96. The number of carbonyl (C=O) groups is 3. The van der Waals surface area contributed by atoms with Gasteiger partial charge in [-0.15, -0.1) is 0 Å². The fourth-order valence-corrected chi connectivity index (χ4v) is 7.95. The van der Waals surface area contributed by atoms with Crippen LogP contribution in [0.4, 0.5) is 5.69 Å². The second-order valence-electron chi connectivity index (χ2n) is 13.1. The summed E-state index contributed by atoms with van der Waals surface area (Å²) in [7, 11) is 3.16. The van der Waals surface area contributed by atoms with Crippen molar-refractivity contribution < 1.29 is 34.8 Å². The smallest absolute Gasteiger partial charge is 0.255 e. The number of aliphatic hydroxyl groups excluding tert-OH is 2. The summed E-state index contributed by atoms with van der Waals surface area (Å²) in [6.45, 7) is 4.49. The molecule has 0 spiro atoms. The van der Waals surface area contributed by atoms with E-state index in [4.69, 9.17) is 5.73 Å². The zero-order chi connectivity index (χ0) is 32.4. The molecule has 1 heterocycles. The Morgan fingerprint density at radius 2 is 1.73 bits per heavy atom. The van der Waals surface area contributed by atoms with Crippen molar-refractivity contribution in [3.63, 3.8) is 0 Å². The van der Waals surface area contributed by atoms with Crippen LogP contribution >= 0.6 is 0 Å². The number of rotatable bonds is 6. The van der Waals surface area contributed by atoms with E-state index in [1.165, 1.54) is 10.5 Å². The van der Waals surface area contributed by atoms with Gasteiger partial charge in [0.05, 0.1) is 17.3 Å². The number of nitrogens with two attached hydrogens (primary N) is 1. The van der Waals surface area contributed by atoms with Crippen LogP contribution in [0.25, 0.3) is 5.76 Å². The predicted molar refractivity (Wildman–Crippen MR) is 167 cm³/mol. The molecule has 11 nitrogen and oxygen atoms in total. The first-order valence-electron chi connectivity index (χ1n) is 15.4. The van der Waals surface area contributed by atoms with Crippen molar-refractivity contribution in [2.75, 3.05) is 32.5 Å². The molecule has 3 aliphatic carbocycles. The summed E-state index contributed by atoms with van der Waals surface area (Å²) in [5, 5.41) is 49.4. The number of likely N-dealkylation sites (N-methyl/N-ethyl adjacent to an activating group) is 1. The molecule has 0 aromatic heterocycles. The van der Waals surface area contributed by atoms with Gasteiger partial charge in [-0.1, -0.05) is 43.3 Å². The van der Waals surface area contributed by atoms with E-state index in [-0.39, 0.29) is 35.3 Å². The van der Waals surface area contributed by atoms with Gasteiger partial charge in [-0.3, -0.25) is 24.2 Å². The van der Waals surface area contributed by atoms with Crippen LogP contribution in [0.5, 0.6) is 5.75 Å². The van der Waals surface area contributed by atoms with Gasteiger partial charge in [0, 0.05) is 37.2 Å². The number of nitrogens with one attached hydrogen (secondary N) is 1. The number of aromatic hydroxyl groups is 1. The topological polar surface area (TPSA) is 177 Å². The van der Waals surface area contributed by atoms with Crippen molar-refractivity contribution in [2.24, 2.45) is 17.6 Å². The number of fused-ring (bicyclic) bond motifs is 3. The van der Waals surface area contributed by atoms with E-state index >= 15 is 0 Å². The zero-order valence-electron chi connectivity index (χ0n) is 25.7. The largest absolute Gasteiger partial charge is 0.508 e. The molecule has 45 heavy (non-hydrogen) atoms. The van der Waals surface area contributed by atoms with E-state index in [9.17, 15) is 34.8 Å². The maximum absolute atomic E-state index is 14.2. The van der Waals surface area contributed by atoms with Gasteiger partial charge < -0.3 is 31.5 Å². The van der Waals surface area contributed by atoms with E-state index in [1.54, 1.807) is 20.2 Å². The van der Waals surface area contributed by atoms with Crippen molar-refractivity contribution >= 4 is 28.9 Å². The van der Waals surface area contributed by atoms with Crippen LogP contribution in [-0.2, 0) is 20.9 Å². The summed E-state index contributed by atoms with van der Waals surface area (Å²) in [6.07, 6.45) is 1.75. The molecule has 1 saturated carbocycles. The minimum Gasteiger partial charge on any atom is -0.508 e. The molecule has 1 saturated heterocycles. The SMILES string of the molecule is C[C@H]1c2ccc(NC3CCN(Cc4ccccc4)CC3)c(O)c2C(O)=C2C(=O)[C@]3(O)C(O)=C(C(N)=O)C(=O)[C@@H](N(C)C)[C@@H]3C[C@@H]21. The van der Waals surface area contributed by atoms with Crippen LogP contribution in [0.15, 0.2) is 59.4 Å². The number of carbonyl (C=O) groups excluding carboxylic acids is 3. The molecule has 5 atom stereocenters. The highest BCUT2D eigenvalue weighted by molar-refractivity contribution is 6.24. The maximum Gasteiger partial charge on any atom is 0.255 e. The van der Waals surface area contributed by atoms with Crippen LogP contribution in [0, 0.1) is 11.8 Å². The molecule has 2 aromatic carbocycles. The number of aliphatic hydroxyl groups is 3. The standard InChI is InChI=1S/C34H40N4O7/c1-17-20-9-10-23(36-19-11-13-38(14-12-19)16-18-7-5-4-6-8-18)28(39)24(20)29(40)25-21(17)15-22-27(37(2)3)30(41)26(33(35)44)32(43)34(22,45)31(25)42/h4-10,17,19,21-22,27,36,39-40,43,45H,11-16H2,1-3H3,(H2,35,44)/t17-,21+,22-,27-,34-/m0/s1. The Kier molecular flexibility index (Phi) is 7.75. The fraction of sp³-hybridized carbons (Fsp3) is 0.441. The van der Waals surface area contributed by atoms with Crippen LogP contribution in [0.1, 0.15) is 48.8 Å². The number of nitrogens with zero attached hydrogens (tertiary/aromatic N) is 2. The lowest BCUT2D eigenvalue weighted by Crippen LogP contribution is -2.65. The predicted octanol–water partition coefficient (Wildman–Crippen LogP) is 2.60. The maximum atomic E-state index is 14.2. The highest BCUT2D eigenvalue weighted by atomic mass is 16.3. The average Bonchev–Trinajstić information content (AvgIpc) is 2.99. The Hall–Kier alpha value is -4.19. The molecule has 2 fully saturated rings. The Balaban J connectivity index is 1.31. The number of primary amides is 1. The lowest BCUT2D eigenvalue weighted by atomic mass is 9.55. The number of phenolic OH excluding ortho intramolecular Hbond substituents is 1. The zero-order valence-corrected chi connectivity index (χ0v) is 25.7. The molecule has 238 valence electrons. The normalized spacial score (nSPS) is 29.0. The Labute approximate surface area is 261 Å². The number of anilines is 1. The Morgan fingerprint density at radius 3 is 2.36 bits per heavy atom. The van der Waals surface area contributed by atoms with Gasteiger partial charge in [0.1, 0.15) is 22.8 Å². The summed E-state index contributed by atoms with van der Waals surface area (Å²) < 4.78 is 0. The van der Waals surface area contributed by atoms with Crippen LogP contribution in [0.2, 0.25) is 0 Å². The first kappa shape index (κ1) is 30.8. The average molecular weight is 617 g/mol. The van der Waals surface area contributed by atoms with Crippen LogP contribution in [0.3, 0.4) is 0 Å². The van der Waals surface area contributed by atoms with Crippen LogP contribution < -0.4 is 11.1 Å². The lowest BCUT2D eigenvalue weighted by Gasteiger charge is -2.51. The van der Waals surface area contributed by atoms with Crippen LogP contribution in [-0.4, -0.2) is 92.6 Å². The number of Topliss-reactive ketones (excluding diaryl/α,β-unsaturated/α-hetero) is 2. The van der Waals surface area contributed by atoms with Crippen molar-refractivity contribution in [1.82, 2.24) is 9.80 Å². The third-order valence-corrected chi connectivity index (χ3v) is 10.3. The van der Waals surface area contributed by atoms with E-state index in [0.717, 1.165) is 32.5 Å². The monoisotopic (exact) mass is 616 g/mol. The van der Waals surface area contributed by atoms with Gasteiger partial charge in [0.2, 0.25) is 5.78 Å². The number of likely N-dealkylation sites (tertiary alicyclic amines) is 1. The first-order chi connectivity index (χ1) is 21.4. The minimum absolute atomic E-state index is 0.0508. The second kappa shape index (κ2) is 11.3. The van der Waals surface area contributed by atoms with Crippen molar-refractivity contribution in [3.05, 3.63) is 76.1 Å². The quantitative estimate of drug-likeness (QED) is 0.209. The third-order valence-electron chi connectivity index (χ3n) is 10.3. The molecule has 0 unspecified atom stereocenters. The molecule has 11 heteroatoms. The number of ketones is 2. The lowest BCUT2D eigenvalue weighted by molar-refractivity contribution is -0.154. The second-order valence-corrected chi connectivity index (χ2v) is 13.1. The molecule has 1 aliphatic heterocycles. The van der Waals surface area contributed by atoms with Crippen molar-refractivity contribution in [3.8, 4) is 5.75 Å². The van der Waals surface area contributed by atoms with Crippen molar-refractivity contribution in [2.45, 2.75) is 56.3 Å². The Morgan fingerprint density at radius 1 is 1.07 bits per heavy atom. The van der Waals surface area contributed by atoms with Gasteiger partial charge in [-0.25, -0.2) is 0 Å². The van der Waals surface area contributed by atoms with Gasteiger partial charge in [0.25, 0.3) is 5.91 Å². The van der Waals surface area contributed by atoms with E-state index in [1.807, 2.05) is 31.2 Å². The molecule has 0 bridgehead atoms. The fourth-order valence-electron chi connectivity index (χ4n) is 7.95. The van der Waals surface area contributed by atoms with E-state index in [0.29, 0.717) is 11.3 Å². The molecule has 1 amide bonds. The number of benzene rings is 2. The highest BCUT2D eigenvalue weighted by Crippen LogP contribution is 2.56. The summed E-state index contributed by atoms with van der Waals surface area (Å²) in [6, 6.07) is 12.9. The van der Waals surface area contributed by atoms with Gasteiger partial charge in [0.15, 0.2) is 11.4 Å². The number of amides is 1. The molecular weight excluding hydrogens is 576 g/mol. The molecule has 4 aliphatic rings. The number of hydrogen-bond donors (Lipinski definition) is 6. The van der Waals surface area contributed by atoms with Crippen molar-refractivity contribution in [1.29, 1.82) is 0 Å². The number of phenols is 1. The summed E-state index contributed by atoms with van der Waals surface area (Å²) >= 11 is 0. The van der Waals surface area contributed by atoms with Gasteiger partial charge in [-0.05, 0) is 62.4 Å². The number of hydrogen-bond acceptors (Lipinski definition) is 10. The van der Waals surface area contributed by atoms with Gasteiger partial charge >= 0.3 is 0 Å². The first-order valence-corrected chi connectivity index (χ1v) is 15.4. The minimum atomic E-state index is -2.66. The molecule has 2 aromatic rings.